The maximum atomic E-state index is 6.51. The topological polar surface area (TPSA) is 84.2 Å². The number of nitrogens with one attached hydrogen (secondary N) is 1. The number of nitrogens with zero attached hydrogens (tertiary/aromatic N) is 5. The largest absolute Gasteiger partial charge is 0.488 e. The summed E-state index contributed by atoms with van der Waals surface area (Å²) < 4.78 is 12.0. The molecule has 0 spiro atoms. The number of morpholine rings is 1. The Hall–Kier alpha value is -3.00. The first-order valence-corrected chi connectivity index (χ1v) is 11.3. The Bertz CT molecular complexity index is 987. The van der Waals surface area contributed by atoms with Gasteiger partial charge in [-0.3, -0.25) is 9.98 Å². The van der Waals surface area contributed by atoms with Gasteiger partial charge >= 0.3 is 0 Å². The molecule has 2 fully saturated rings. The number of ether oxygens (including phenoxy) is 2. The van der Waals surface area contributed by atoms with E-state index in [-0.39, 0.29) is 6.10 Å². The van der Waals surface area contributed by atoms with Crippen molar-refractivity contribution in [3.8, 4) is 5.75 Å². The molecule has 1 aliphatic heterocycles. The highest BCUT2D eigenvalue weighted by Gasteiger charge is 2.24. The molecule has 2 heterocycles. The van der Waals surface area contributed by atoms with Crippen LogP contribution in [0.2, 0.25) is 0 Å². The van der Waals surface area contributed by atoms with Crippen LogP contribution in [-0.2, 0) is 4.74 Å². The summed E-state index contributed by atoms with van der Waals surface area (Å²) in [5.41, 5.74) is 3.78. The molecule has 1 aliphatic carbocycles. The number of rotatable bonds is 7. The number of benzene rings is 1. The van der Waals surface area contributed by atoms with Crippen molar-refractivity contribution in [3.05, 3.63) is 36.5 Å². The van der Waals surface area contributed by atoms with Crippen LogP contribution in [0.25, 0.3) is 11.0 Å². The van der Waals surface area contributed by atoms with Gasteiger partial charge in [-0.25, -0.2) is 9.98 Å². The van der Waals surface area contributed by atoms with Crippen molar-refractivity contribution in [2.45, 2.75) is 51.7 Å². The van der Waals surface area contributed by atoms with Crippen molar-refractivity contribution in [1.82, 2.24) is 15.3 Å². The fourth-order valence-electron chi connectivity index (χ4n) is 4.26. The van der Waals surface area contributed by atoms with Gasteiger partial charge in [0.2, 0.25) is 0 Å². The summed E-state index contributed by atoms with van der Waals surface area (Å²) in [6, 6.07) is 4.56. The lowest BCUT2D eigenvalue weighted by Gasteiger charge is -2.31. The molecule has 2 aromatic rings. The van der Waals surface area contributed by atoms with Crippen LogP contribution in [0.15, 0.2) is 46.5 Å². The molecule has 1 aromatic heterocycles. The third-order valence-corrected chi connectivity index (χ3v) is 5.78. The molecule has 4 rings (SSSR count). The lowest BCUT2D eigenvalue weighted by molar-refractivity contribution is 0.122. The van der Waals surface area contributed by atoms with Gasteiger partial charge in [0.05, 0.1) is 31.0 Å². The van der Waals surface area contributed by atoms with Crippen LogP contribution >= 0.6 is 0 Å². The van der Waals surface area contributed by atoms with E-state index >= 15 is 0 Å². The van der Waals surface area contributed by atoms with Gasteiger partial charge in [-0.2, -0.15) is 0 Å². The summed E-state index contributed by atoms with van der Waals surface area (Å²) in [5, 5.41) is 3.50. The molecule has 0 bridgehead atoms. The Morgan fingerprint density at radius 1 is 1.16 bits per heavy atom. The SMILES string of the molecule is C=N/C=C(\N=C(C)C)N[C@H]1CC[C@@H](Oc2cc(N3CCOCC3)cc3nccnc23)CC1. The van der Waals surface area contributed by atoms with Crippen LogP contribution in [0.3, 0.4) is 0 Å². The Morgan fingerprint density at radius 2 is 1.91 bits per heavy atom. The third kappa shape index (κ3) is 5.62. The fraction of sp³-hybridized carbons (Fsp3) is 0.500. The van der Waals surface area contributed by atoms with E-state index in [4.69, 9.17) is 9.47 Å². The molecule has 1 saturated carbocycles. The first kappa shape index (κ1) is 22.2. The van der Waals surface area contributed by atoms with Crippen LogP contribution < -0.4 is 15.0 Å². The van der Waals surface area contributed by atoms with E-state index in [1.165, 1.54) is 0 Å². The molecule has 1 N–H and O–H groups in total. The summed E-state index contributed by atoms with van der Waals surface area (Å²) in [6.07, 6.45) is 9.22. The molecule has 0 radical (unpaired) electrons. The van der Waals surface area contributed by atoms with E-state index in [0.29, 0.717) is 6.04 Å². The minimum Gasteiger partial charge on any atom is -0.488 e. The number of anilines is 1. The van der Waals surface area contributed by atoms with Crippen LogP contribution in [0.5, 0.6) is 5.75 Å². The zero-order valence-electron chi connectivity index (χ0n) is 19.0. The predicted molar refractivity (Wildman–Crippen MR) is 129 cm³/mol. The smallest absolute Gasteiger partial charge is 0.149 e. The molecule has 0 unspecified atom stereocenters. The fourth-order valence-corrected chi connectivity index (χ4v) is 4.26. The van der Waals surface area contributed by atoms with Gasteiger partial charge in [-0.15, -0.1) is 0 Å². The molecule has 0 atom stereocenters. The molecular weight excluding hydrogens is 404 g/mol. The summed E-state index contributed by atoms with van der Waals surface area (Å²) in [5.74, 6) is 1.58. The van der Waals surface area contributed by atoms with Gasteiger partial charge in [0.15, 0.2) is 0 Å². The normalized spacial score (nSPS) is 21.8. The molecule has 8 heteroatoms. The van der Waals surface area contributed by atoms with Gasteiger partial charge < -0.3 is 19.7 Å². The highest BCUT2D eigenvalue weighted by molar-refractivity contribution is 5.85. The van der Waals surface area contributed by atoms with Crippen molar-refractivity contribution in [2.24, 2.45) is 9.98 Å². The third-order valence-electron chi connectivity index (χ3n) is 5.78. The highest BCUT2D eigenvalue weighted by Crippen LogP contribution is 2.33. The summed E-state index contributed by atoms with van der Waals surface area (Å²) in [7, 11) is 0. The van der Waals surface area contributed by atoms with E-state index in [9.17, 15) is 0 Å². The molecule has 1 aromatic carbocycles. The van der Waals surface area contributed by atoms with Crippen molar-refractivity contribution in [2.75, 3.05) is 31.2 Å². The number of hydrogen-bond donors (Lipinski definition) is 1. The average Bonchev–Trinajstić information content (AvgIpc) is 2.80. The second-order valence-corrected chi connectivity index (χ2v) is 8.46. The minimum absolute atomic E-state index is 0.152. The van der Waals surface area contributed by atoms with E-state index in [1.54, 1.807) is 18.6 Å². The lowest BCUT2D eigenvalue weighted by Crippen LogP contribution is -2.36. The summed E-state index contributed by atoms with van der Waals surface area (Å²) in [4.78, 5) is 19.8. The Balaban J connectivity index is 1.44. The van der Waals surface area contributed by atoms with Gasteiger partial charge in [-0.1, -0.05) is 0 Å². The number of hydrogen-bond acceptors (Lipinski definition) is 8. The van der Waals surface area contributed by atoms with E-state index in [1.807, 2.05) is 13.8 Å². The molecule has 170 valence electrons. The first-order valence-electron chi connectivity index (χ1n) is 11.3. The quantitative estimate of drug-likeness (QED) is 0.666. The molecular formula is C24H32N6O2. The van der Waals surface area contributed by atoms with Gasteiger partial charge in [0.25, 0.3) is 0 Å². The Kier molecular flexibility index (Phi) is 7.32. The van der Waals surface area contributed by atoms with E-state index < -0.39 is 0 Å². The second-order valence-electron chi connectivity index (χ2n) is 8.46. The molecule has 0 amide bonds. The van der Waals surface area contributed by atoms with E-state index in [2.05, 4.69) is 49.0 Å². The highest BCUT2D eigenvalue weighted by atomic mass is 16.5. The van der Waals surface area contributed by atoms with Gasteiger partial charge in [0.1, 0.15) is 17.1 Å². The zero-order valence-corrected chi connectivity index (χ0v) is 19.0. The molecule has 32 heavy (non-hydrogen) atoms. The van der Waals surface area contributed by atoms with Crippen molar-refractivity contribution < 1.29 is 9.47 Å². The van der Waals surface area contributed by atoms with Gasteiger partial charge in [0, 0.05) is 49.0 Å². The van der Waals surface area contributed by atoms with Crippen LogP contribution in [-0.4, -0.2) is 60.8 Å². The van der Waals surface area contributed by atoms with Crippen molar-refractivity contribution >= 4 is 29.1 Å². The van der Waals surface area contributed by atoms with Gasteiger partial charge in [-0.05, 0) is 52.3 Å². The maximum absolute atomic E-state index is 6.51. The predicted octanol–water partition coefficient (Wildman–Crippen LogP) is 3.73. The monoisotopic (exact) mass is 436 g/mol. The number of aliphatic imine (C=N–C) groups is 2. The van der Waals surface area contributed by atoms with Crippen LogP contribution in [0, 0.1) is 0 Å². The average molecular weight is 437 g/mol. The van der Waals surface area contributed by atoms with Crippen molar-refractivity contribution in [3.63, 3.8) is 0 Å². The Labute approximate surface area is 189 Å². The standard InChI is InChI=1S/C24H32N6O2/c1-17(2)28-23(16-25-3)29-18-4-6-20(7-5-18)32-22-15-19(30-10-12-31-13-11-30)14-21-24(22)27-9-8-26-21/h8-9,14-16,18,20,29H,3-7,10-13H2,1-2H3/b23-16+/t18-,20+. The van der Waals surface area contributed by atoms with Crippen LogP contribution in [0.4, 0.5) is 5.69 Å². The van der Waals surface area contributed by atoms with E-state index in [0.717, 1.165) is 86.0 Å². The Morgan fingerprint density at radius 3 is 2.62 bits per heavy atom. The molecule has 2 aliphatic rings. The minimum atomic E-state index is 0.152. The summed E-state index contributed by atoms with van der Waals surface area (Å²) in [6.45, 7) is 10.7. The lowest BCUT2D eigenvalue weighted by atomic mass is 9.93. The zero-order chi connectivity index (χ0) is 22.3. The molecule has 8 nitrogen and oxygen atoms in total. The summed E-state index contributed by atoms with van der Waals surface area (Å²) >= 11 is 0. The second kappa shape index (κ2) is 10.5. The first-order chi connectivity index (χ1) is 15.6. The van der Waals surface area contributed by atoms with Crippen LogP contribution in [0.1, 0.15) is 39.5 Å². The number of aromatic nitrogens is 2. The number of fused-ring (bicyclic) bond motifs is 1. The molecule has 1 saturated heterocycles. The maximum Gasteiger partial charge on any atom is 0.149 e. The van der Waals surface area contributed by atoms with Crippen molar-refractivity contribution in [1.29, 1.82) is 0 Å².